The van der Waals surface area contributed by atoms with Gasteiger partial charge in [0.05, 0.1) is 6.20 Å². The lowest BCUT2D eigenvalue weighted by molar-refractivity contribution is 0.459. The molecule has 0 atom stereocenters. The van der Waals surface area contributed by atoms with Crippen LogP contribution in [0.1, 0.15) is 12.8 Å². The summed E-state index contributed by atoms with van der Waals surface area (Å²) in [5.41, 5.74) is 0. The van der Waals surface area contributed by atoms with Gasteiger partial charge in [-0.1, -0.05) is 17.7 Å². The van der Waals surface area contributed by atoms with Crippen LogP contribution in [0.3, 0.4) is 0 Å². The zero-order chi connectivity index (χ0) is 15.6. The molecule has 0 N–H and O–H groups in total. The van der Waals surface area contributed by atoms with Crippen LogP contribution in [0.4, 0.5) is 0 Å². The second-order valence-corrected chi connectivity index (χ2v) is 7.38. The van der Waals surface area contributed by atoms with Gasteiger partial charge in [-0.25, -0.2) is 13.4 Å². The monoisotopic (exact) mass is 338 g/mol. The van der Waals surface area contributed by atoms with Gasteiger partial charge < -0.3 is 4.74 Å². The first-order valence-electron chi connectivity index (χ1n) is 6.95. The lowest BCUT2D eigenvalue weighted by Gasteiger charge is -2.15. The number of ether oxygens (including phenoxy) is 1. The van der Waals surface area contributed by atoms with E-state index in [9.17, 15) is 8.42 Å². The molecule has 1 saturated heterocycles. The Labute approximate surface area is 134 Å². The summed E-state index contributed by atoms with van der Waals surface area (Å²) in [5, 5.41) is 0.561. The number of rotatable bonds is 4. The Morgan fingerprint density at radius 2 is 1.91 bits per heavy atom. The van der Waals surface area contributed by atoms with Gasteiger partial charge in [-0.15, -0.1) is 0 Å². The summed E-state index contributed by atoms with van der Waals surface area (Å²) in [5.74, 6) is 0.873. The van der Waals surface area contributed by atoms with E-state index in [2.05, 4.69) is 4.98 Å². The Morgan fingerprint density at radius 3 is 2.55 bits per heavy atom. The van der Waals surface area contributed by atoms with Gasteiger partial charge in [0.2, 0.25) is 15.9 Å². The SMILES string of the molecule is O=S(=O)(c1ccc(Oc2cccc(Cl)c2)nc1)N1CCCC1. The minimum Gasteiger partial charge on any atom is -0.439 e. The molecule has 0 saturated carbocycles. The Bertz CT molecular complexity index is 757. The second kappa shape index (κ2) is 6.24. The fraction of sp³-hybridized carbons (Fsp3) is 0.267. The lowest BCUT2D eigenvalue weighted by atomic mass is 10.3. The third-order valence-electron chi connectivity index (χ3n) is 3.43. The molecule has 0 amide bonds. The quantitative estimate of drug-likeness (QED) is 0.858. The van der Waals surface area contributed by atoms with Crippen molar-refractivity contribution in [1.82, 2.24) is 9.29 Å². The first kappa shape index (κ1) is 15.3. The molecule has 0 radical (unpaired) electrons. The Morgan fingerprint density at radius 1 is 1.14 bits per heavy atom. The van der Waals surface area contributed by atoms with E-state index in [0.29, 0.717) is 29.7 Å². The second-order valence-electron chi connectivity index (χ2n) is 5.00. The molecule has 22 heavy (non-hydrogen) atoms. The van der Waals surface area contributed by atoms with Crippen LogP contribution in [-0.2, 0) is 10.0 Å². The number of benzene rings is 1. The highest BCUT2D eigenvalue weighted by Gasteiger charge is 2.27. The van der Waals surface area contributed by atoms with Gasteiger partial charge in [-0.2, -0.15) is 4.31 Å². The largest absolute Gasteiger partial charge is 0.439 e. The maximum Gasteiger partial charge on any atom is 0.244 e. The Kier molecular flexibility index (Phi) is 4.33. The minimum atomic E-state index is -3.44. The van der Waals surface area contributed by atoms with Gasteiger partial charge >= 0.3 is 0 Å². The predicted octanol–water partition coefficient (Wildman–Crippen LogP) is 3.31. The van der Waals surface area contributed by atoms with E-state index in [1.807, 2.05) is 0 Å². The van der Waals surface area contributed by atoms with Crippen LogP contribution in [0.5, 0.6) is 11.6 Å². The summed E-state index contributed by atoms with van der Waals surface area (Å²) in [4.78, 5) is 4.26. The molecule has 0 bridgehead atoms. The van der Waals surface area contributed by atoms with Gasteiger partial charge in [-0.3, -0.25) is 0 Å². The predicted molar refractivity (Wildman–Crippen MR) is 83.8 cm³/mol. The molecule has 0 aliphatic carbocycles. The third kappa shape index (κ3) is 3.24. The van der Waals surface area contributed by atoms with Gasteiger partial charge in [0, 0.05) is 24.2 Å². The molecule has 1 fully saturated rings. The summed E-state index contributed by atoms with van der Waals surface area (Å²) in [6, 6.07) is 9.99. The van der Waals surface area contributed by atoms with Crippen LogP contribution < -0.4 is 4.74 Å². The topological polar surface area (TPSA) is 59.5 Å². The molecule has 7 heteroatoms. The number of pyridine rings is 1. The molecule has 3 rings (SSSR count). The van der Waals surface area contributed by atoms with Gasteiger partial charge in [0.1, 0.15) is 10.6 Å². The van der Waals surface area contributed by atoms with Gasteiger partial charge in [0.15, 0.2) is 0 Å². The molecular formula is C15H15ClN2O3S. The normalized spacial score (nSPS) is 15.9. The van der Waals surface area contributed by atoms with Crippen molar-refractivity contribution >= 4 is 21.6 Å². The summed E-state index contributed by atoms with van der Waals surface area (Å²) in [7, 11) is -3.44. The molecule has 2 heterocycles. The van der Waals surface area contributed by atoms with Crippen molar-refractivity contribution in [3.8, 4) is 11.6 Å². The maximum absolute atomic E-state index is 12.4. The van der Waals surface area contributed by atoms with Crippen LogP contribution in [0.15, 0.2) is 47.5 Å². The van der Waals surface area contributed by atoms with E-state index in [0.717, 1.165) is 12.8 Å². The van der Waals surface area contributed by atoms with E-state index in [4.69, 9.17) is 16.3 Å². The number of halogens is 1. The van der Waals surface area contributed by atoms with Crippen LogP contribution in [0, 0.1) is 0 Å². The fourth-order valence-electron chi connectivity index (χ4n) is 2.31. The number of hydrogen-bond donors (Lipinski definition) is 0. The number of sulfonamides is 1. The molecule has 1 aromatic heterocycles. The molecule has 116 valence electrons. The highest BCUT2D eigenvalue weighted by molar-refractivity contribution is 7.89. The van der Waals surface area contributed by atoms with Crippen LogP contribution in [0.25, 0.3) is 0 Å². The summed E-state index contributed by atoms with van der Waals surface area (Å²) in [6.45, 7) is 1.15. The van der Waals surface area contributed by atoms with Crippen LogP contribution in [-0.4, -0.2) is 30.8 Å². The zero-order valence-electron chi connectivity index (χ0n) is 11.8. The van der Waals surface area contributed by atoms with E-state index in [-0.39, 0.29) is 4.90 Å². The lowest BCUT2D eigenvalue weighted by Crippen LogP contribution is -2.27. The van der Waals surface area contributed by atoms with E-state index in [1.165, 1.54) is 16.6 Å². The van der Waals surface area contributed by atoms with Crippen molar-refractivity contribution in [2.24, 2.45) is 0 Å². The van der Waals surface area contributed by atoms with Crippen molar-refractivity contribution in [1.29, 1.82) is 0 Å². The smallest absolute Gasteiger partial charge is 0.244 e. The minimum absolute atomic E-state index is 0.188. The van der Waals surface area contributed by atoms with Crippen LogP contribution in [0.2, 0.25) is 5.02 Å². The summed E-state index contributed by atoms with van der Waals surface area (Å²) in [6.07, 6.45) is 3.14. The first-order chi connectivity index (χ1) is 10.6. The van der Waals surface area contributed by atoms with Crippen LogP contribution >= 0.6 is 11.6 Å². The van der Waals surface area contributed by atoms with Crippen molar-refractivity contribution in [2.45, 2.75) is 17.7 Å². The molecular weight excluding hydrogens is 324 g/mol. The van der Waals surface area contributed by atoms with Crippen molar-refractivity contribution < 1.29 is 13.2 Å². The fourth-order valence-corrected chi connectivity index (χ4v) is 3.95. The number of nitrogens with zero attached hydrogens (tertiary/aromatic N) is 2. The van der Waals surface area contributed by atoms with Crippen molar-refractivity contribution in [3.05, 3.63) is 47.6 Å². The Hall–Kier alpha value is -1.63. The summed E-state index contributed by atoms with van der Waals surface area (Å²) < 4.78 is 31.8. The highest BCUT2D eigenvalue weighted by atomic mass is 35.5. The highest BCUT2D eigenvalue weighted by Crippen LogP contribution is 2.25. The maximum atomic E-state index is 12.4. The molecule has 1 aromatic carbocycles. The zero-order valence-corrected chi connectivity index (χ0v) is 13.3. The molecule has 2 aromatic rings. The van der Waals surface area contributed by atoms with E-state index >= 15 is 0 Å². The van der Waals surface area contributed by atoms with E-state index < -0.39 is 10.0 Å². The standard InChI is InChI=1S/C15H15ClN2O3S/c16-12-4-3-5-13(10-12)21-15-7-6-14(11-17-15)22(19,20)18-8-1-2-9-18/h3-7,10-11H,1-2,8-9H2. The average molecular weight is 339 g/mol. The first-order valence-corrected chi connectivity index (χ1v) is 8.77. The number of hydrogen-bond acceptors (Lipinski definition) is 4. The number of aromatic nitrogens is 1. The summed E-state index contributed by atoms with van der Waals surface area (Å²) >= 11 is 5.88. The van der Waals surface area contributed by atoms with Gasteiger partial charge in [0.25, 0.3) is 0 Å². The molecule has 1 aliphatic rings. The van der Waals surface area contributed by atoms with Crippen molar-refractivity contribution in [2.75, 3.05) is 13.1 Å². The van der Waals surface area contributed by atoms with Gasteiger partial charge in [-0.05, 0) is 37.1 Å². The average Bonchev–Trinajstić information content (AvgIpc) is 3.03. The van der Waals surface area contributed by atoms with Crippen molar-refractivity contribution in [3.63, 3.8) is 0 Å². The molecule has 1 aliphatic heterocycles. The molecule has 5 nitrogen and oxygen atoms in total. The molecule has 0 unspecified atom stereocenters. The van der Waals surface area contributed by atoms with E-state index in [1.54, 1.807) is 30.3 Å². The Balaban J connectivity index is 1.78. The third-order valence-corrected chi connectivity index (χ3v) is 5.55. The molecule has 0 spiro atoms.